The van der Waals surface area contributed by atoms with E-state index < -0.39 is 5.97 Å². The third-order valence-corrected chi connectivity index (χ3v) is 3.21. The number of benzene rings is 2. The highest BCUT2D eigenvalue weighted by Crippen LogP contribution is 2.24. The van der Waals surface area contributed by atoms with Gasteiger partial charge in [0.2, 0.25) is 0 Å². The van der Waals surface area contributed by atoms with Gasteiger partial charge in [0, 0.05) is 6.42 Å². The molecular weight excluding hydrogens is 252 g/mol. The Morgan fingerprint density at radius 3 is 2.50 bits per heavy atom. The van der Waals surface area contributed by atoms with E-state index in [9.17, 15) is 4.79 Å². The van der Waals surface area contributed by atoms with E-state index in [0.717, 1.165) is 28.9 Å². The minimum atomic E-state index is -0.738. The van der Waals surface area contributed by atoms with Gasteiger partial charge in [0.15, 0.2) is 0 Å². The van der Waals surface area contributed by atoms with E-state index in [1.807, 2.05) is 24.3 Å². The minimum Gasteiger partial charge on any atom is -0.497 e. The standard InChI is InChI=1S/C17H18O3/c1-20-16-6-3-5-15(12-16)14-10-8-13(9-11-14)4-2-7-17(18)19/h3,5-6,8-12H,2,4,7H2,1H3,(H,18,19). The van der Waals surface area contributed by atoms with E-state index in [1.54, 1.807) is 7.11 Å². The number of aliphatic carboxylic acids is 1. The van der Waals surface area contributed by atoms with Crippen LogP contribution in [-0.2, 0) is 11.2 Å². The van der Waals surface area contributed by atoms with E-state index in [2.05, 4.69) is 24.3 Å². The van der Waals surface area contributed by atoms with Crippen LogP contribution in [0.5, 0.6) is 5.75 Å². The van der Waals surface area contributed by atoms with Crippen LogP contribution in [0.25, 0.3) is 11.1 Å². The normalized spacial score (nSPS) is 10.2. The molecule has 0 fully saturated rings. The Balaban J connectivity index is 2.05. The van der Waals surface area contributed by atoms with Crippen LogP contribution in [-0.4, -0.2) is 18.2 Å². The summed E-state index contributed by atoms with van der Waals surface area (Å²) < 4.78 is 5.22. The smallest absolute Gasteiger partial charge is 0.303 e. The number of hydrogen-bond donors (Lipinski definition) is 1. The molecule has 0 bridgehead atoms. The molecule has 2 aromatic carbocycles. The molecule has 0 saturated heterocycles. The first-order valence-electron chi connectivity index (χ1n) is 6.64. The quantitative estimate of drug-likeness (QED) is 0.869. The van der Waals surface area contributed by atoms with Gasteiger partial charge in [-0.15, -0.1) is 0 Å². The van der Waals surface area contributed by atoms with Gasteiger partial charge in [-0.1, -0.05) is 36.4 Å². The van der Waals surface area contributed by atoms with Gasteiger partial charge in [-0.2, -0.15) is 0 Å². The molecule has 0 amide bonds. The maximum absolute atomic E-state index is 10.5. The van der Waals surface area contributed by atoms with Crippen molar-refractivity contribution < 1.29 is 14.6 Å². The molecule has 0 aliphatic rings. The topological polar surface area (TPSA) is 46.5 Å². The van der Waals surface area contributed by atoms with Crippen molar-refractivity contribution in [2.45, 2.75) is 19.3 Å². The predicted octanol–water partition coefficient (Wildman–Crippen LogP) is 3.77. The molecule has 3 nitrogen and oxygen atoms in total. The molecule has 0 aliphatic heterocycles. The summed E-state index contributed by atoms with van der Waals surface area (Å²) in [7, 11) is 1.66. The van der Waals surface area contributed by atoms with Crippen LogP contribution in [0.15, 0.2) is 48.5 Å². The highest BCUT2D eigenvalue weighted by atomic mass is 16.5. The first kappa shape index (κ1) is 14.1. The van der Waals surface area contributed by atoms with Gasteiger partial charge in [0.1, 0.15) is 5.75 Å². The van der Waals surface area contributed by atoms with Gasteiger partial charge in [-0.3, -0.25) is 4.79 Å². The number of rotatable bonds is 6. The lowest BCUT2D eigenvalue weighted by molar-refractivity contribution is -0.137. The number of methoxy groups -OCH3 is 1. The van der Waals surface area contributed by atoms with E-state index in [4.69, 9.17) is 9.84 Å². The highest BCUT2D eigenvalue weighted by Gasteiger charge is 2.01. The Labute approximate surface area is 118 Å². The summed E-state index contributed by atoms with van der Waals surface area (Å²) in [6, 6.07) is 16.2. The molecular formula is C17H18O3. The summed E-state index contributed by atoms with van der Waals surface area (Å²) >= 11 is 0. The zero-order valence-electron chi connectivity index (χ0n) is 11.5. The third-order valence-electron chi connectivity index (χ3n) is 3.21. The van der Waals surface area contributed by atoms with Gasteiger partial charge in [-0.05, 0) is 41.7 Å². The van der Waals surface area contributed by atoms with Gasteiger partial charge >= 0.3 is 5.97 Å². The van der Waals surface area contributed by atoms with Gasteiger partial charge < -0.3 is 9.84 Å². The Morgan fingerprint density at radius 1 is 1.10 bits per heavy atom. The lowest BCUT2D eigenvalue weighted by atomic mass is 10.0. The Hall–Kier alpha value is -2.29. The highest BCUT2D eigenvalue weighted by molar-refractivity contribution is 5.67. The summed E-state index contributed by atoms with van der Waals surface area (Å²) in [5, 5.41) is 8.62. The van der Waals surface area contributed by atoms with Crippen LogP contribution in [0.3, 0.4) is 0 Å². The van der Waals surface area contributed by atoms with E-state index in [1.165, 1.54) is 0 Å². The Morgan fingerprint density at radius 2 is 1.85 bits per heavy atom. The fourth-order valence-electron chi connectivity index (χ4n) is 2.11. The SMILES string of the molecule is COc1cccc(-c2ccc(CCCC(=O)O)cc2)c1. The lowest BCUT2D eigenvalue weighted by Crippen LogP contribution is -1.95. The maximum atomic E-state index is 10.5. The number of carbonyl (C=O) groups is 1. The first-order valence-corrected chi connectivity index (χ1v) is 6.64. The number of hydrogen-bond acceptors (Lipinski definition) is 2. The average molecular weight is 270 g/mol. The van der Waals surface area contributed by atoms with Crippen molar-refractivity contribution in [3.63, 3.8) is 0 Å². The van der Waals surface area contributed by atoms with E-state index in [0.29, 0.717) is 6.42 Å². The van der Waals surface area contributed by atoms with Crippen LogP contribution in [0.1, 0.15) is 18.4 Å². The second-order valence-corrected chi connectivity index (χ2v) is 4.68. The second kappa shape index (κ2) is 6.75. The summed E-state index contributed by atoms with van der Waals surface area (Å²) in [5.41, 5.74) is 3.41. The fraction of sp³-hybridized carbons (Fsp3) is 0.235. The molecule has 2 aromatic rings. The van der Waals surface area contributed by atoms with Crippen LogP contribution in [0, 0.1) is 0 Å². The average Bonchev–Trinajstić information content (AvgIpc) is 2.48. The van der Waals surface area contributed by atoms with Gasteiger partial charge in [-0.25, -0.2) is 0 Å². The molecule has 2 rings (SSSR count). The fourth-order valence-corrected chi connectivity index (χ4v) is 2.11. The van der Waals surface area contributed by atoms with Crippen LogP contribution < -0.4 is 4.74 Å². The molecule has 0 aromatic heterocycles. The molecule has 20 heavy (non-hydrogen) atoms. The zero-order valence-corrected chi connectivity index (χ0v) is 11.5. The molecule has 0 unspecified atom stereocenters. The minimum absolute atomic E-state index is 0.220. The van der Waals surface area contributed by atoms with Crippen molar-refractivity contribution in [2.24, 2.45) is 0 Å². The zero-order chi connectivity index (χ0) is 14.4. The molecule has 0 saturated carbocycles. The van der Waals surface area contributed by atoms with Crippen LogP contribution in [0.4, 0.5) is 0 Å². The van der Waals surface area contributed by atoms with Crippen molar-refractivity contribution in [1.29, 1.82) is 0 Å². The molecule has 104 valence electrons. The predicted molar refractivity (Wildman–Crippen MR) is 79.0 cm³/mol. The van der Waals surface area contributed by atoms with Crippen LogP contribution in [0.2, 0.25) is 0 Å². The first-order chi connectivity index (χ1) is 9.69. The number of ether oxygens (including phenoxy) is 1. The second-order valence-electron chi connectivity index (χ2n) is 4.68. The van der Waals surface area contributed by atoms with E-state index in [-0.39, 0.29) is 6.42 Å². The van der Waals surface area contributed by atoms with Crippen molar-refractivity contribution in [3.8, 4) is 16.9 Å². The van der Waals surface area contributed by atoms with Crippen molar-refractivity contribution >= 4 is 5.97 Å². The molecule has 0 aliphatic carbocycles. The monoisotopic (exact) mass is 270 g/mol. The van der Waals surface area contributed by atoms with Crippen molar-refractivity contribution in [1.82, 2.24) is 0 Å². The van der Waals surface area contributed by atoms with Crippen LogP contribution >= 0.6 is 0 Å². The maximum Gasteiger partial charge on any atom is 0.303 e. The third kappa shape index (κ3) is 3.85. The number of carboxylic acid groups (broad SMARTS) is 1. The molecule has 0 heterocycles. The van der Waals surface area contributed by atoms with E-state index >= 15 is 0 Å². The molecule has 0 spiro atoms. The van der Waals surface area contributed by atoms with Gasteiger partial charge in [0.25, 0.3) is 0 Å². The molecule has 1 N–H and O–H groups in total. The Bertz CT molecular complexity index is 573. The summed E-state index contributed by atoms with van der Waals surface area (Å²) in [4.78, 5) is 10.5. The number of aryl methyl sites for hydroxylation is 1. The molecule has 3 heteroatoms. The summed E-state index contributed by atoms with van der Waals surface area (Å²) in [5.74, 6) is 0.103. The summed E-state index contributed by atoms with van der Waals surface area (Å²) in [6.45, 7) is 0. The van der Waals surface area contributed by atoms with Gasteiger partial charge in [0.05, 0.1) is 7.11 Å². The van der Waals surface area contributed by atoms with Crippen molar-refractivity contribution in [3.05, 3.63) is 54.1 Å². The summed E-state index contributed by atoms with van der Waals surface area (Å²) in [6.07, 6.45) is 1.69. The Kier molecular flexibility index (Phi) is 4.77. The lowest BCUT2D eigenvalue weighted by Gasteiger charge is -2.06. The molecule has 0 atom stereocenters. The molecule has 0 radical (unpaired) electrons. The largest absolute Gasteiger partial charge is 0.497 e. The number of carboxylic acids is 1. The van der Waals surface area contributed by atoms with Crippen molar-refractivity contribution in [2.75, 3.05) is 7.11 Å².